The Labute approximate surface area is 88.3 Å². The molecule has 15 heavy (non-hydrogen) atoms. The van der Waals surface area contributed by atoms with E-state index in [4.69, 9.17) is 10.8 Å². The number of fused-ring (bicyclic) bond motifs is 1. The monoisotopic (exact) mass is 197 g/mol. The molecule has 1 saturated carbocycles. The van der Waals surface area contributed by atoms with E-state index < -0.39 is 0 Å². The number of benzene rings is 1. The summed E-state index contributed by atoms with van der Waals surface area (Å²) in [6.45, 7) is 0. The first-order valence-electron chi connectivity index (χ1n) is 5.24. The summed E-state index contributed by atoms with van der Waals surface area (Å²) in [4.78, 5) is 4.48. The fourth-order valence-electron chi connectivity index (χ4n) is 1.86. The lowest BCUT2D eigenvalue weighted by Crippen LogP contribution is -2.08. The molecule has 0 amide bonds. The van der Waals surface area contributed by atoms with Crippen molar-refractivity contribution in [2.24, 2.45) is 0 Å². The van der Waals surface area contributed by atoms with Gasteiger partial charge in [0, 0.05) is 11.5 Å². The van der Waals surface area contributed by atoms with Gasteiger partial charge in [-0.15, -0.1) is 6.42 Å². The van der Waals surface area contributed by atoms with Crippen molar-refractivity contribution < 1.29 is 4.42 Å². The van der Waals surface area contributed by atoms with Crippen molar-refractivity contribution in [2.75, 3.05) is 0 Å². The lowest BCUT2D eigenvalue weighted by molar-refractivity contribution is 0.344. The minimum atomic E-state index is 0.534. The van der Waals surface area contributed by atoms with Crippen molar-refractivity contribution >= 4 is 11.1 Å². The molecule has 1 aromatic carbocycles. The summed E-state index contributed by atoms with van der Waals surface area (Å²) in [6, 6.07) is 5.69. The molecule has 74 valence electrons. The average Bonchev–Trinajstić information content (AvgIpc) is 2.56. The highest BCUT2D eigenvalue weighted by Crippen LogP contribution is 2.37. The van der Waals surface area contributed by atoms with E-state index in [1.807, 2.05) is 18.2 Å². The third-order valence-electron chi connectivity index (χ3n) is 3.03. The second-order valence-corrected chi connectivity index (χ2v) is 4.01. The van der Waals surface area contributed by atoms with Gasteiger partial charge in [0.25, 0.3) is 0 Å². The van der Waals surface area contributed by atoms with Crippen LogP contribution in [-0.2, 0) is 0 Å². The summed E-state index contributed by atoms with van der Waals surface area (Å²) >= 11 is 0. The van der Waals surface area contributed by atoms with Gasteiger partial charge in [-0.2, -0.15) is 0 Å². The highest BCUT2D eigenvalue weighted by Gasteiger charge is 2.24. The number of rotatable bonds is 1. The number of nitrogens with zero attached hydrogens (tertiary/aromatic N) is 1. The van der Waals surface area contributed by atoms with E-state index in [9.17, 15) is 0 Å². The van der Waals surface area contributed by atoms with Gasteiger partial charge in [-0.05, 0) is 31.0 Å². The smallest absolute Gasteiger partial charge is 0.198 e. The Morgan fingerprint density at radius 1 is 1.40 bits per heavy atom. The van der Waals surface area contributed by atoms with Crippen molar-refractivity contribution in [2.45, 2.75) is 25.2 Å². The summed E-state index contributed by atoms with van der Waals surface area (Å²) < 4.78 is 5.69. The van der Waals surface area contributed by atoms with Crippen molar-refractivity contribution in [1.29, 1.82) is 0 Å². The molecule has 2 nitrogen and oxygen atoms in total. The predicted octanol–water partition coefficient (Wildman–Crippen LogP) is 3.08. The van der Waals surface area contributed by atoms with Crippen LogP contribution in [-0.4, -0.2) is 4.98 Å². The molecule has 3 rings (SSSR count). The highest BCUT2D eigenvalue weighted by atomic mass is 16.3. The van der Waals surface area contributed by atoms with Crippen LogP contribution in [0.5, 0.6) is 0 Å². The largest absolute Gasteiger partial charge is 0.440 e. The maximum absolute atomic E-state index is 5.69. The van der Waals surface area contributed by atoms with Gasteiger partial charge in [0.1, 0.15) is 5.52 Å². The third kappa shape index (κ3) is 1.32. The Balaban J connectivity index is 2.09. The number of terminal acetylenes is 1. The molecule has 1 aliphatic carbocycles. The van der Waals surface area contributed by atoms with Gasteiger partial charge in [-0.25, -0.2) is 4.98 Å². The topological polar surface area (TPSA) is 26.0 Å². The average molecular weight is 197 g/mol. The SMILES string of the molecule is C#Cc1ccc2oc(C3CCC3)nc2c1. The van der Waals surface area contributed by atoms with Crippen molar-refractivity contribution in [3.8, 4) is 12.3 Å². The number of hydrogen-bond donors (Lipinski definition) is 0. The van der Waals surface area contributed by atoms with Crippen LogP contribution in [0.15, 0.2) is 22.6 Å². The first-order chi connectivity index (χ1) is 7.36. The zero-order valence-electron chi connectivity index (χ0n) is 8.36. The molecule has 1 fully saturated rings. The number of oxazole rings is 1. The lowest BCUT2D eigenvalue weighted by atomic mass is 9.85. The van der Waals surface area contributed by atoms with Crippen LogP contribution in [0, 0.1) is 12.3 Å². The number of aromatic nitrogens is 1. The Kier molecular flexibility index (Phi) is 1.78. The summed E-state index contributed by atoms with van der Waals surface area (Å²) in [5.74, 6) is 4.02. The van der Waals surface area contributed by atoms with E-state index in [2.05, 4.69) is 10.9 Å². The maximum atomic E-state index is 5.69. The van der Waals surface area contributed by atoms with E-state index >= 15 is 0 Å². The molecule has 0 unspecified atom stereocenters. The molecule has 0 spiro atoms. The first-order valence-corrected chi connectivity index (χ1v) is 5.24. The summed E-state index contributed by atoms with van der Waals surface area (Å²) in [5.41, 5.74) is 2.58. The highest BCUT2D eigenvalue weighted by molar-refractivity contribution is 5.74. The zero-order chi connectivity index (χ0) is 10.3. The summed E-state index contributed by atoms with van der Waals surface area (Å²) in [6.07, 6.45) is 9.03. The fourth-order valence-corrected chi connectivity index (χ4v) is 1.86. The van der Waals surface area contributed by atoms with E-state index in [0.717, 1.165) is 22.6 Å². The molecule has 0 bridgehead atoms. The normalized spacial score (nSPS) is 16.2. The second-order valence-electron chi connectivity index (χ2n) is 4.01. The van der Waals surface area contributed by atoms with E-state index in [1.54, 1.807) is 0 Å². The quantitative estimate of drug-likeness (QED) is 0.656. The van der Waals surface area contributed by atoms with Crippen LogP contribution in [0.3, 0.4) is 0 Å². The lowest BCUT2D eigenvalue weighted by Gasteiger charge is -2.21. The van der Waals surface area contributed by atoms with Crippen molar-refractivity contribution in [3.63, 3.8) is 0 Å². The number of hydrogen-bond acceptors (Lipinski definition) is 2. The van der Waals surface area contributed by atoms with Gasteiger partial charge in [0.05, 0.1) is 0 Å². The van der Waals surface area contributed by atoms with Crippen LogP contribution in [0.4, 0.5) is 0 Å². The zero-order valence-corrected chi connectivity index (χ0v) is 8.36. The molecule has 0 radical (unpaired) electrons. The van der Waals surface area contributed by atoms with Gasteiger partial charge in [0.2, 0.25) is 0 Å². The van der Waals surface area contributed by atoms with Gasteiger partial charge in [-0.3, -0.25) is 0 Å². The molecule has 0 N–H and O–H groups in total. The molecule has 2 heteroatoms. The van der Waals surface area contributed by atoms with E-state index in [-0.39, 0.29) is 0 Å². The predicted molar refractivity (Wildman–Crippen MR) is 58.5 cm³/mol. The third-order valence-corrected chi connectivity index (χ3v) is 3.03. The Bertz CT molecular complexity index is 543. The molecule has 0 aliphatic heterocycles. The summed E-state index contributed by atoms with van der Waals surface area (Å²) in [7, 11) is 0. The Hall–Kier alpha value is -1.75. The van der Waals surface area contributed by atoms with Gasteiger partial charge in [-0.1, -0.05) is 12.3 Å². The van der Waals surface area contributed by atoms with Crippen LogP contribution in [0.2, 0.25) is 0 Å². The van der Waals surface area contributed by atoms with Crippen LogP contribution in [0.25, 0.3) is 11.1 Å². The van der Waals surface area contributed by atoms with E-state index in [0.29, 0.717) is 5.92 Å². The van der Waals surface area contributed by atoms with Gasteiger partial charge in [0.15, 0.2) is 11.5 Å². The van der Waals surface area contributed by atoms with E-state index in [1.165, 1.54) is 19.3 Å². The second kappa shape index (κ2) is 3.13. The Morgan fingerprint density at radius 3 is 2.93 bits per heavy atom. The maximum Gasteiger partial charge on any atom is 0.198 e. The standard InChI is InChI=1S/C13H11NO/c1-2-9-6-7-12-11(8-9)14-13(15-12)10-4-3-5-10/h1,6-8,10H,3-5H2. The fraction of sp³-hybridized carbons (Fsp3) is 0.308. The minimum absolute atomic E-state index is 0.534. The van der Waals surface area contributed by atoms with Gasteiger partial charge >= 0.3 is 0 Å². The van der Waals surface area contributed by atoms with Crippen molar-refractivity contribution in [1.82, 2.24) is 4.98 Å². The first kappa shape index (κ1) is 8.55. The molecule has 2 aromatic rings. The molecular formula is C13H11NO. The molecule has 1 aromatic heterocycles. The molecule has 0 saturated heterocycles. The summed E-state index contributed by atoms with van der Waals surface area (Å²) in [5, 5.41) is 0. The van der Waals surface area contributed by atoms with Crippen LogP contribution >= 0.6 is 0 Å². The Morgan fingerprint density at radius 2 is 2.27 bits per heavy atom. The van der Waals surface area contributed by atoms with Crippen LogP contribution in [0.1, 0.15) is 36.6 Å². The minimum Gasteiger partial charge on any atom is -0.440 e. The van der Waals surface area contributed by atoms with Crippen molar-refractivity contribution in [3.05, 3.63) is 29.7 Å². The van der Waals surface area contributed by atoms with Crippen LogP contribution < -0.4 is 0 Å². The molecule has 1 aliphatic rings. The molecule has 1 heterocycles. The van der Waals surface area contributed by atoms with Gasteiger partial charge < -0.3 is 4.42 Å². The molecular weight excluding hydrogens is 186 g/mol. The molecule has 0 atom stereocenters.